The van der Waals surface area contributed by atoms with Crippen LogP contribution < -0.4 is 10.6 Å². The standard InChI is InChI=1S/C14H18N4O2S/c15-14-7-4-11-10-12(5-6-13(11)16-14)21(19,20)17-18-8-2-1-3-9-18/h4-7,10,17H,1-3,8-9H2,(H2,15,16). The Bertz CT molecular complexity index is 755. The Morgan fingerprint density at radius 1 is 1.10 bits per heavy atom. The van der Waals surface area contributed by atoms with Crippen LogP contribution in [0.25, 0.3) is 10.9 Å². The van der Waals surface area contributed by atoms with Crippen LogP contribution in [0.5, 0.6) is 0 Å². The third-order valence-corrected chi connectivity index (χ3v) is 4.97. The number of hydrogen-bond donors (Lipinski definition) is 2. The first-order valence-electron chi connectivity index (χ1n) is 6.98. The lowest BCUT2D eigenvalue weighted by molar-refractivity contribution is 0.200. The maximum absolute atomic E-state index is 12.4. The monoisotopic (exact) mass is 306 g/mol. The van der Waals surface area contributed by atoms with Crippen LogP contribution in [0, 0.1) is 0 Å². The van der Waals surface area contributed by atoms with Crippen LogP contribution in [0.1, 0.15) is 19.3 Å². The summed E-state index contributed by atoms with van der Waals surface area (Å²) in [5.74, 6) is 0.421. The number of nitrogens with zero attached hydrogens (tertiary/aromatic N) is 2. The van der Waals surface area contributed by atoms with Crippen LogP contribution in [0.4, 0.5) is 5.82 Å². The van der Waals surface area contributed by atoms with E-state index in [4.69, 9.17) is 5.73 Å². The van der Waals surface area contributed by atoms with Crippen molar-refractivity contribution in [2.75, 3.05) is 18.8 Å². The highest BCUT2D eigenvalue weighted by atomic mass is 32.2. The number of aromatic nitrogens is 1. The molecule has 2 aromatic rings. The molecule has 3 N–H and O–H groups in total. The van der Waals surface area contributed by atoms with Gasteiger partial charge in [-0.25, -0.2) is 18.4 Å². The Balaban J connectivity index is 1.89. The minimum Gasteiger partial charge on any atom is -0.384 e. The number of pyridine rings is 1. The number of benzene rings is 1. The van der Waals surface area contributed by atoms with E-state index < -0.39 is 10.0 Å². The van der Waals surface area contributed by atoms with Crippen LogP contribution in [0.3, 0.4) is 0 Å². The second-order valence-electron chi connectivity index (χ2n) is 5.23. The highest BCUT2D eigenvalue weighted by Crippen LogP contribution is 2.19. The third-order valence-electron chi connectivity index (χ3n) is 3.60. The van der Waals surface area contributed by atoms with Crippen molar-refractivity contribution in [2.24, 2.45) is 0 Å². The fraction of sp³-hybridized carbons (Fsp3) is 0.357. The van der Waals surface area contributed by atoms with E-state index >= 15 is 0 Å². The number of rotatable bonds is 3. The van der Waals surface area contributed by atoms with Crippen LogP contribution in [0.2, 0.25) is 0 Å². The molecule has 1 aromatic heterocycles. The average molecular weight is 306 g/mol. The van der Waals surface area contributed by atoms with Crippen LogP contribution in [-0.2, 0) is 10.0 Å². The van der Waals surface area contributed by atoms with Crippen molar-refractivity contribution >= 4 is 26.7 Å². The zero-order valence-corrected chi connectivity index (χ0v) is 12.4. The number of hydrogen-bond acceptors (Lipinski definition) is 5. The molecule has 112 valence electrons. The highest BCUT2D eigenvalue weighted by molar-refractivity contribution is 7.89. The SMILES string of the molecule is Nc1ccc2cc(S(=O)(=O)NN3CCCCC3)ccc2n1. The predicted molar refractivity (Wildman–Crippen MR) is 81.9 cm³/mol. The van der Waals surface area contributed by atoms with Gasteiger partial charge in [-0.2, -0.15) is 0 Å². The van der Waals surface area contributed by atoms with Crippen molar-refractivity contribution in [2.45, 2.75) is 24.2 Å². The van der Waals surface area contributed by atoms with Gasteiger partial charge >= 0.3 is 0 Å². The van der Waals surface area contributed by atoms with Crippen LogP contribution in [0.15, 0.2) is 35.2 Å². The molecule has 0 atom stereocenters. The zero-order valence-electron chi connectivity index (χ0n) is 11.6. The smallest absolute Gasteiger partial charge is 0.253 e. The molecular formula is C14H18N4O2S. The van der Waals surface area contributed by atoms with E-state index in [1.807, 2.05) is 0 Å². The molecule has 3 rings (SSSR count). The molecule has 6 nitrogen and oxygen atoms in total. The van der Waals surface area contributed by atoms with Crippen molar-refractivity contribution in [1.29, 1.82) is 0 Å². The number of nitrogens with one attached hydrogen (secondary N) is 1. The summed E-state index contributed by atoms with van der Waals surface area (Å²) in [4.78, 5) is 7.06. The van der Waals surface area contributed by atoms with Gasteiger partial charge in [0.25, 0.3) is 10.0 Å². The summed E-state index contributed by atoms with van der Waals surface area (Å²) in [5, 5.41) is 2.52. The van der Waals surface area contributed by atoms with Crippen molar-refractivity contribution in [3.8, 4) is 0 Å². The largest absolute Gasteiger partial charge is 0.384 e. The molecule has 1 saturated heterocycles. The van der Waals surface area contributed by atoms with E-state index in [9.17, 15) is 8.42 Å². The molecule has 1 aromatic carbocycles. The fourth-order valence-corrected chi connectivity index (χ4v) is 3.65. The number of nitrogen functional groups attached to an aromatic ring is 1. The van der Waals surface area contributed by atoms with E-state index in [2.05, 4.69) is 9.82 Å². The quantitative estimate of drug-likeness (QED) is 0.897. The number of piperidine rings is 1. The summed E-state index contributed by atoms with van der Waals surface area (Å²) in [5.41, 5.74) is 6.31. The maximum atomic E-state index is 12.4. The molecular weight excluding hydrogens is 288 g/mol. The van der Waals surface area contributed by atoms with Gasteiger partial charge in [-0.05, 0) is 43.2 Å². The Morgan fingerprint density at radius 3 is 2.62 bits per heavy atom. The van der Waals surface area contributed by atoms with Gasteiger partial charge in [-0.1, -0.05) is 6.42 Å². The average Bonchev–Trinajstić information content (AvgIpc) is 2.47. The van der Waals surface area contributed by atoms with Crippen molar-refractivity contribution < 1.29 is 8.42 Å². The van der Waals surface area contributed by atoms with E-state index in [0.29, 0.717) is 11.3 Å². The summed E-state index contributed by atoms with van der Waals surface area (Å²) in [6.45, 7) is 1.51. The van der Waals surface area contributed by atoms with E-state index in [0.717, 1.165) is 37.7 Å². The number of nitrogens with two attached hydrogens (primary N) is 1. The fourth-order valence-electron chi connectivity index (χ4n) is 2.49. The molecule has 0 saturated carbocycles. The summed E-state index contributed by atoms with van der Waals surface area (Å²) < 4.78 is 24.8. The molecule has 21 heavy (non-hydrogen) atoms. The van der Waals surface area contributed by atoms with Gasteiger partial charge in [-0.3, -0.25) is 0 Å². The van der Waals surface area contributed by atoms with E-state index in [1.54, 1.807) is 35.3 Å². The van der Waals surface area contributed by atoms with E-state index in [1.165, 1.54) is 0 Å². The van der Waals surface area contributed by atoms with Gasteiger partial charge in [0.2, 0.25) is 0 Å². The summed E-state index contributed by atoms with van der Waals surface area (Å²) in [7, 11) is -3.54. The minimum absolute atomic E-state index is 0.243. The van der Waals surface area contributed by atoms with Crippen molar-refractivity contribution in [3.63, 3.8) is 0 Å². The number of fused-ring (bicyclic) bond motifs is 1. The lowest BCUT2D eigenvalue weighted by atomic mass is 10.2. The minimum atomic E-state index is -3.54. The maximum Gasteiger partial charge on any atom is 0.253 e. The third kappa shape index (κ3) is 3.15. The molecule has 0 aliphatic carbocycles. The van der Waals surface area contributed by atoms with Gasteiger partial charge in [0, 0.05) is 18.5 Å². The van der Waals surface area contributed by atoms with E-state index in [-0.39, 0.29) is 4.90 Å². The first-order valence-corrected chi connectivity index (χ1v) is 8.47. The highest BCUT2D eigenvalue weighted by Gasteiger charge is 2.20. The Morgan fingerprint density at radius 2 is 1.86 bits per heavy atom. The van der Waals surface area contributed by atoms with Gasteiger partial charge in [0.15, 0.2) is 0 Å². The summed E-state index contributed by atoms with van der Waals surface area (Å²) in [6, 6.07) is 8.29. The molecule has 0 spiro atoms. The second kappa shape index (κ2) is 5.59. The molecule has 0 bridgehead atoms. The molecule has 2 heterocycles. The summed E-state index contributed by atoms with van der Waals surface area (Å²) >= 11 is 0. The zero-order chi connectivity index (χ0) is 14.9. The topological polar surface area (TPSA) is 88.3 Å². The molecule has 1 aliphatic rings. The first-order chi connectivity index (χ1) is 10.0. The Labute approximate surface area is 124 Å². The molecule has 1 fully saturated rings. The van der Waals surface area contributed by atoms with Crippen molar-refractivity contribution in [1.82, 2.24) is 14.8 Å². The Hall–Kier alpha value is -1.70. The molecule has 7 heteroatoms. The second-order valence-corrected chi connectivity index (χ2v) is 6.89. The lowest BCUT2D eigenvalue weighted by Crippen LogP contribution is -2.44. The van der Waals surface area contributed by atoms with Crippen molar-refractivity contribution in [3.05, 3.63) is 30.3 Å². The molecule has 0 unspecified atom stereocenters. The Kier molecular flexibility index (Phi) is 3.79. The van der Waals surface area contributed by atoms with Crippen LogP contribution in [-0.4, -0.2) is 31.5 Å². The first kappa shape index (κ1) is 14.2. The lowest BCUT2D eigenvalue weighted by Gasteiger charge is -2.26. The summed E-state index contributed by atoms with van der Waals surface area (Å²) in [6.07, 6.45) is 3.19. The normalized spacial score (nSPS) is 17.1. The molecule has 1 aliphatic heterocycles. The van der Waals surface area contributed by atoms with Gasteiger partial charge in [0.1, 0.15) is 5.82 Å². The number of anilines is 1. The van der Waals surface area contributed by atoms with Gasteiger partial charge in [0.05, 0.1) is 10.4 Å². The molecule has 0 radical (unpaired) electrons. The number of sulfonamides is 1. The predicted octanol–water partition coefficient (Wildman–Crippen LogP) is 1.50. The number of hydrazine groups is 1. The van der Waals surface area contributed by atoms with Gasteiger partial charge < -0.3 is 5.73 Å². The molecule has 0 amide bonds. The van der Waals surface area contributed by atoms with Gasteiger partial charge in [-0.15, -0.1) is 4.83 Å². The van der Waals surface area contributed by atoms with Crippen LogP contribution >= 0.6 is 0 Å².